The number of aromatic hydroxyl groups is 1. The molecular formula is C18H16N2O4S. The minimum Gasteiger partial charge on any atom is -0.507 e. The molecule has 25 heavy (non-hydrogen) atoms. The van der Waals surface area contributed by atoms with Gasteiger partial charge in [0.2, 0.25) is 0 Å². The van der Waals surface area contributed by atoms with Crippen LogP contribution in [0.25, 0.3) is 10.2 Å². The van der Waals surface area contributed by atoms with E-state index in [0.29, 0.717) is 16.0 Å². The van der Waals surface area contributed by atoms with Crippen molar-refractivity contribution >= 4 is 27.5 Å². The van der Waals surface area contributed by atoms with Crippen molar-refractivity contribution in [3.8, 4) is 5.75 Å². The van der Waals surface area contributed by atoms with Gasteiger partial charge in [-0.1, -0.05) is 12.1 Å². The Balaban J connectivity index is 1.59. The predicted molar refractivity (Wildman–Crippen MR) is 94.1 cm³/mol. The lowest BCUT2D eigenvalue weighted by Crippen LogP contribution is -2.15. The number of hydrogen-bond acceptors (Lipinski definition) is 6. The average Bonchev–Trinajstić information content (AvgIpc) is 2.99. The number of carbonyl (C=O) groups excluding carboxylic acids is 1. The zero-order valence-electron chi connectivity index (χ0n) is 13.4. The highest BCUT2D eigenvalue weighted by molar-refractivity contribution is 7.18. The fourth-order valence-corrected chi connectivity index (χ4v) is 4.42. The summed E-state index contributed by atoms with van der Waals surface area (Å²) in [5.74, 6) is -0.499. The third-order valence-corrected chi connectivity index (χ3v) is 5.52. The molecular weight excluding hydrogens is 340 g/mol. The number of nitrogens with zero attached hydrogens (tertiary/aromatic N) is 1. The average molecular weight is 356 g/mol. The van der Waals surface area contributed by atoms with Crippen LogP contribution in [0.5, 0.6) is 5.75 Å². The van der Waals surface area contributed by atoms with Crippen molar-refractivity contribution in [1.82, 2.24) is 9.97 Å². The number of phenolic OH excluding ortho intramolecular Hbond substituents is 1. The van der Waals surface area contributed by atoms with E-state index >= 15 is 0 Å². The fraction of sp³-hybridized carbons (Fsp3) is 0.278. The molecule has 1 aliphatic rings. The molecule has 0 aliphatic heterocycles. The summed E-state index contributed by atoms with van der Waals surface area (Å²) in [6.45, 7) is -0.152. The number of para-hydroxylation sites is 1. The number of ether oxygens (including phenoxy) is 1. The van der Waals surface area contributed by atoms with Crippen LogP contribution in [-0.2, 0) is 24.2 Å². The molecule has 1 aliphatic carbocycles. The number of benzene rings is 1. The van der Waals surface area contributed by atoms with Crippen LogP contribution in [0.15, 0.2) is 29.1 Å². The SMILES string of the molecule is O=C(OCc1nc2sc3c(c2c(=O)[nH]1)CCCC3)c1ccccc1O. The third kappa shape index (κ3) is 2.91. The smallest absolute Gasteiger partial charge is 0.342 e. The fourth-order valence-electron chi connectivity index (χ4n) is 3.13. The van der Waals surface area contributed by atoms with E-state index in [1.807, 2.05) is 0 Å². The van der Waals surface area contributed by atoms with E-state index in [1.165, 1.54) is 17.0 Å². The van der Waals surface area contributed by atoms with Crippen molar-refractivity contribution in [2.24, 2.45) is 0 Å². The number of nitrogens with one attached hydrogen (secondary N) is 1. The molecule has 1 aromatic carbocycles. The second-order valence-electron chi connectivity index (χ2n) is 6.00. The van der Waals surface area contributed by atoms with Crippen molar-refractivity contribution in [2.45, 2.75) is 32.3 Å². The summed E-state index contributed by atoms with van der Waals surface area (Å²) < 4.78 is 5.17. The zero-order chi connectivity index (χ0) is 17.4. The molecule has 0 atom stereocenters. The van der Waals surface area contributed by atoms with Crippen molar-refractivity contribution in [2.75, 3.05) is 0 Å². The number of aryl methyl sites for hydroxylation is 2. The van der Waals surface area contributed by atoms with Gasteiger partial charge in [0.25, 0.3) is 5.56 Å². The monoisotopic (exact) mass is 356 g/mol. The van der Waals surface area contributed by atoms with Crippen LogP contribution in [0, 0.1) is 0 Å². The lowest BCUT2D eigenvalue weighted by atomic mass is 9.97. The quantitative estimate of drug-likeness (QED) is 0.704. The van der Waals surface area contributed by atoms with E-state index in [0.717, 1.165) is 31.2 Å². The van der Waals surface area contributed by atoms with Gasteiger partial charge in [-0.15, -0.1) is 11.3 Å². The van der Waals surface area contributed by atoms with Gasteiger partial charge in [0.15, 0.2) is 0 Å². The zero-order valence-corrected chi connectivity index (χ0v) is 14.2. The molecule has 2 N–H and O–H groups in total. The molecule has 0 fully saturated rings. The van der Waals surface area contributed by atoms with Crippen LogP contribution in [0.2, 0.25) is 0 Å². The van der Waals surface area contributed by atoms with Crippen LogP contribution in [-0.4, -0.2) is 21.0 Å². The molecule has 0 saturated heterocycles. The van der Waals surface area contributed by atoms with E-state index in [-0.39, 0.29) is 23.5 Å². The lowest BCUT2D eigenvalue weighted by molar-refractivity contribution is 0.0459. The number of fused-ring (bicyclic) bond motifs is 3. The number of aromatic amines is 1. The molecule has 0 amide bonds. The first kappa shape index (κ1) is 15.8. The molecule has 0 saturated carbocycles. The largest absolute Gasteiger partial charge is 0.507 e. The Morgan fingerprint density at radius 1 is 1.28 bits per heavy atom. The Hall–Kier alpha value is -2.67. The lowest BCUT2D eigenvalue weighted by Gasteiger charge is -2.09. The van der Waals surface area contributed by atoms with Gasteiger partial charge in [-0.3, -0.25) is 4.79 Å². The number of aromatic nitrogens is 2. The summed E-state index contributed by atoms with van der Waals surface area (Å²) in [6, 6.07) is 6.15. The first-order valence-electron chi connectivity index (χ1n) is 8.12. The summed E-state index contributed by atoms with van der Waals surface area (Å²) in [5.41, 5.74) is 1.02. The van der Waals surface area contributed by atoms with Crippen LogP contribution < -0.4 is 5.56 Å². The highest BCUT2D eigenvalue weighted by atomic mass is 32.1. The first-order chi connectivity index (χ1) is 12.1. The van der Waals surface area contributed by atoms with Gasteiger partial charge in [-0.05, 0) is 43.4 Å². The van der Waals surface area contributed by atoms with Crippen LogP contribution in [0.4, 0.5) is 0 Å². The summed E-state index contributed by atoms with van der Waals surface area (Å²) in [7, 11) is 0. The number of rotatable bonds is 3. The highest BCUT2D eigenvalue weighted by Gasteiger charge is 2.20. The van der Waals surface area contributed by atoms with Crippen molar-refractivity contribution in [1.29, 1.82) is 0 Å². The van der Waals surface area contributed by atoms with E-state index < -0.39 is 5.97 Å². The number of hydrogen-bond donors (Lipinski definition) is 2. The van der Waals surface area contributed by atoms with Crippen LogP contribution in [0.3, 0.4) is 0 Å². The highest BCUT2D eigenvalue weighted by Crippen LogP contribution is 2.33. The molecule has 0 radical (unpaired) electrons. The third-order valence-electron chi connectivity index (χ3n) is 4.34. The summed E-state index contributed by atoms with van der Waals surface area (Å²) in [6.07, 6.45) is 4.15. The topological polar surface area (TPSA) is 92.3 Å². The van der Waals surface area contributed by atoms with Crippen LogP contribution >= 0.6 is 11.3 Å². The molecule has 7 heteroatoms. The first-order valence-corrected chi connectivity index (χ1v) is 8.93. The van der Waals surface area contributed by atoms with E-state index in [1.54, 1.807) is 23.5 Å². The Labute approximate surface area is 147 Å². The van der Waals surface area contributed by atoms with Crippen molar-refractivity contribution in [3.05, 3.63) is 56.4 Å². The number of phenols is 1. The summed E-state index contributed by atoms with van der Waals surface area (Å²) in [4.78, 5) is 33.6. The molecule has 128 valence electrons. The second-order valence-corrected chi connectivity index (χ2v) is 7.08. The standard InChI is InChI=1S/C18H16N2O4S/c21-12-7-3-1-5-10(12)18(23)24-9-14-19-16(22)15-11-6-2-4-8-13(11)25-17(15)20-14/h1,3,5,7,21H,2,4,6,8-9H2,(H,19,20,22). The van der Waals surface area contributed by atoms with Gasteiger partial charge in [-0.25, -0.2) is 9.78 Å². The molecule has 0 spiro atoms. The molecule has 2 heterocycles. The van der Waals surface area contributed by atoms with Crippen LogP contribution in [0.1, 0.15) is 39.5 Å². The van der Waals surface area contributed by atoms with Gasteiger partial charge in [0, 0.05) is 4.88 Å². The summed E-state index contributed by atoms with van der Waals surface area (Å²) >= 11 is 1.55. The number of esters is 1. The second kappa shape index (κ2) is 6.33. The molecule has 0 unspecified atom stereocenters. The van der Waals surface area contributed by atoms with Gasteiger partial charge in [-0.2, -0.15) is 0 Å². The summed E-state index contributed by atoms with van der Waals surface area (Å²) in [5, 5.41) is 10.4. The minimum absolute atomic E-state index is 0.0810. The Kier molecular flexibility index (Phi) is 4.01. The number of carbonyl (C=O) groups is 1. The normalized spacial score (nSPS) is 13.6. The molecule has 4 rings (SSSR count). The Morgan fingerprint density at radius 2 is 2.08 bits per heavy atom. The van der Waals surface area contributed by atoms with E-state index in [9.17, 15) is 14.7 Å². The maximum absolute atomic E-state index is 12.4. The van der Waals surface area contributed by atoms with Crippen molar-refractivity contribution in [3.63, 3.8) is 0 Å². The number of H-pyrrole nitrogens is 1. The van der Waals surface area contributed by atoms with Gasteiger partial charge >= 0.3 is 5.97 Å². The Bertz CT molecular complexity index is 1020. The maximum atomic E-state index is 12.4. The van der Waals surface area contributed by atoms with E-state index in [2.05, 4.69) is 9.97 Å². The minimum atomic E-state index is -0.661. The van der Waals surface area contributed by atoms with Gasteiger partial charge in [0.05, 0.1) is 5.39 Å². The predicted octanol–water partition coefficient (Wildman–Crippen LogP) is 2.93. The molecule has 0 bridgehead atoms. The molecule has 6 nitrogen and oxygen atoms in total. The number of thiophene rings is 1. The van der Waals surface area contributed by atoms with Gasteiger partial charge in [0.1, 0.15) is 28.6 Å². The van der Waals surface area contributed by atoms with Crippen molar-refractivity contribution < 1.29 is 14.6 Å². The molecule has 3 aromatic rings. The van der Waals surface area contributed by atoms with E-state index in [4.69, 9.17) is 4.74 Å². The Morgan fingerprint density at radius 3 is 2.92 bits per heavy atom. The van der Waals surface area contributed by atoms with Gasteiger partial charge < -0.3 is 14.8 Å². The molecule has 2 aromatic heterocycles. The maximum Gasteiger partial charge on any atom is 0.342 e.